The van der Waals surface area contributed by atoms with E-state index in [1.807, 2.05) is 45.0 Å². The van der Waals surface area contributed by atoms with Gasteiger partial charge in [-0.3, -0.25) is 0 Å². The molecule has 0 atom stereocenters. The van der Waals surface area contributed by atoms with Gasteiger partial charge in [-0.05, 0) is 25.8 Å². The fraction of sp³-hybridized carbons (Fsp3) is 0.333. The molecule has 6 nitrogen and oxygen atoms in total. The van der Waals surface area contributed by atoms with E-state index in [0.29, 0.717) is 17.1 Å². The average Bonchev–Trinajstić information content (AvgIpc) is 3.00. The molecule has 23 heavy (non-hydrogen) atoms. The summed E-state index contributed by atoms with van der Waals surface area (Å²) in [5.41, 5.74) is 2.56. The van der Waals surface area contributed by atoms with Gasteiger partial charge in [-0.2, -0.15) is 9.61 Å². The SMILES string of the molecule is CCc1nc2sc(C)nn2c1S(=O)(=O)NCc1cccc(C)c1. The molecule has 2 aromatic heterocycles. The van der Waals surface area contributed by atoms with Crippen molar-refractivity contribution in [1.82, 2.24) is 19.3 Å². The molecule has 1 N–H and O–H groups in total. The van der Waals surface area contributed by atoms with Crippen molar-refractivity contribution in [3.8, 4) is 0 Å². The second kappa shape index (κ2) is 6.03. The fourth-order valence-corrected chi connectivity index (χ4v) is 4.60. The third-order valence-corrected chi connectivity index (χ3v) is 5.73. The first-order valence-corrected chi connectivity index (χ1v) is 9.61. The minimum atomic E-state index is -3.69. The van der Waals surface area contributed by atoms with E-state index in [4.69, 9.17) is 0 Å². The Labute approximate surface area is 139 Å². The Morgan fingerprint density at radius 3 is 2.78 bits per heavy atom. The van der Waals surface area contributed by atoms with Crippen LogP contribution in [0.15, 0.2) is 29.3 Å². The maximum Gasteiger partial charge on any atom is 0.260 e. The van der Waals surface area contributed by atoms with Crippen molar-refractivity contribution in [2.24, 2.45) is 0 Å². The first-order valence-electron chi connectivity index (χ1n) is 7.31. The van der Waals surface area contributed by atoms with Crippen LogP contribution in [0.4, 0.5) is 0 Å². The molecule has 8 heteroatoms. The first-order chi connectivity index (χ1) is 10.9. The van der Waals surface area contributed by atoms with E-state index in [-0.39, 0.29) is 11.6 Å². The number of nitrogens with one attached hydrogen (secondary N) is 1. The van der Waals surface area contributed by atoms with Gasteiger partial charge in [0, 0.05) is 6.54 Å². The number of imidazole rings is 1. The molecule has 0 amide bonds. The van der Waals surface area contributed by atoms with Crippen LogP contribution in [0.3, 0.4) is 0 Å². The number of fused-ring (bicyclic) bond motifs is 1. The summed E-state index contributed by atoms with van der Waals surface area (Å²) in [7, 11) is -3.69. The summed E-state index contributed by atoms with van der Waals surface area (Å²) < 4.78 is 29.6. The molecule has 0 bridgehead atoms. The summed E-state index contributed by atoms with van der Waals surface area (Å²) in [6.45, 7) is 5.94. The van der Waals surface area contributed by atoms with Crippen molar-refractivity contribution < 1.29 is 8.42 Å². The molecule has 0 fully saturated rings. The summed E-state index contributed by atoms with van der Waals surface area (Å²) in [5, 5.41) is 5.20. The number of hydrogen-bond donors (Lipinski definition) is 1. The lowest BCUT2D eigenvalue weighted by Crippen LogP contribution is -2.25. The van der Waals surface area contributed by atoms with E-state index in [1.165, 1.54) is 15.9 Å². The predicted molar refractivity (Wildman–Crippen MR) is 90.2 cm³/mol. The summed E-state index contributed by atoms with van der Waals surface area (Å²) in [4.78, 5) is 4.99. The maximum absolute atomic E-state index is 12.7. The van der Waals surface area contributed by atoms with Crippen molar-refractivity contribution >= 4 is 26.3 Å². The molecule has 0 aliphatic carbocycles. The highest BCUT2D eigenvalue weighted by Gasteiger charge is 2.26. The van der Waals surface area contributed by atoms with Gasteiger partial charge in [-0.1, -0.05) is 48.1 Å². The monoisotopic (exact) mass is 350 g/mol. The van der Waals surface area contributed by atoms with Crippen molar-refractivity contribution in [1.29, 1.82) is 0 Å². The molecular formula is C15H18N4O2S2. The smallest absolute Gasteiger partial charge is 0.221 e. The lowest BCUT2D eigenvalue weighted by molar-refractivity contribution is 0.571. The van der Waals surface area contributed by atoms with Crippen LogP contribution in [0.2, 0.25) is 0 Å². The number of nitrogens with zero attached hydrogens (tertiary/aromatic N) is 3. The van der Waals surface area contributed by atoms with Crippen LogP contribution >= 0.6 is 11.3 Å². The number of rotatable bonds is 5. The Morgan fingerprint density at radius 1 is 1.30 bits per heavy atom. The third-order valence-electron chi connectivity index (χ3n) is 3.47. The standard InChI is InChI=1S/C15H18N4O2S2/c1-4-13-14(19-15(17-13)22-11(3)18-19)23(20,21)16-9-12-7-5-6-10(2)8-12/h5-8,16H,4,9H2,1-3H3. The van der Waals surface area contributed by atoms with Gasteiger partial charge in [0.15, 0.2) is 5.03 Å². The zero-order valence-electron chi connectivity index (χ0n) is 13.2. The Balaban J connectivity index is 1.96. The lowest BCUT2D eigenvalue weighted by atomic mass is 10.1. The van der Waals surface area contributed by atoms with Crippen molar-refractivity contribution in [3.63, 3.8) is 0 Å². The van der Waals surface area contributed by atoms with E-state index in [1.54, 1.807) is 0 Å². The first kappa shape index (κ1) is 16.1. The van der Waals surface area contributed by atoms with E-state index in [9.17, 15) is 8.42 Å². The van der Waals surface area contributed by atoms with Crippen LogP contribution in [-0.4, -0.2) is 23.0 Å². The Hall–Kier alpha value is -1.77. The molecule has 0 spiro atoms. The fourth-order valence-electron chi connectivity index (χ4n) is 2.44. The molecule has 0 unspecified atom stereocenters. The number of aryl methyl sites for hydroxylation is 3. The quantitative estimate of drug-likeness (QED) is 0.767. The molecule has 0 aliphatic rings. The van der Waals surface area contributed by atoms with Crippen LogP contribution in [-0.2, 0) is 23.0 Å². The van der Waals surface area contributed by atoms with Gasteiger partial charge in [0.1, 0.15) is 5.01 Å². The zero-order valence-corrected chi connectivity index (χ0v) is 14.8. The van der Waals surface area contributed by atoms with E-state index < -0.39 is 10.0 Å². The van der Waals surface area contributed by atoms with Gasteiger partial charge in [-0.15, -0.1) is 0 Å². The molecule has 0 aliphatic heterocycles. The highest BCUT2D eigenvalue weighted by Crippen LogP contribution is 2.22. The summed E-state index contributed by atoms with van der Waals surface area (Å²) >= 11 is 1.38. The number of benzene rings is 1. The molecule has 3 rings (SSSR count). The van der Waals surface area contributed by atoms with Gasteiger partial charge in [0.25, 0.3) is 10.0 Å². The van der Waals surface area contributed by atoms with Gasteiger partial charge < -0.3 is 0 Å². The van der Waals surface area contributed by atoms with Crippen molar-refractivity contribution in [2.75, 3.05) is 0 Å². The minimum Gasteiger partial charge on any atom is -0.221 e. The molecule has 2 heterocycles. The largest absolute Gasteiger partial charge is 0.260 e. The highest BCUT2D eigenvalue weighted by molar-refractivity contribution is 7.89. The van der Waals surface area contributed by atoms with Crippen molar-refractivity contribution in [2.45, 2.75) is 38.8 Å². The Morgan fingerprint density at radius 2 is 2.09 bits per heavy atom. The summed E-state index contributed by atoms with van der Waals surface area (Å²) in [6, 6.07) is 7.75. The molecule has 0 saturated carbocycles. The summed E-state index contributed by atoms with van der Waals surface area (Å²) in [6.07, 6.45) is 0.538. The number of aromatic nitrogens is 3. The van der Waals surface area contributed by atoms with Crippen LogP contribution in [0.25, 0.3) is 4.96 Å². The third kappa shape index (κ3) is 3.15. The van der Waals surface area contributed by atoms with Gasteiger partial charge in [0.05, 0.1) is 5.69 Å². The molecular weight excluding hydrogens is 332 g/mol. The van der Waals surface area contributed by atoms with Crippen LogP contribution < -0.4 is 4.72 Å². The van der Waals surface area contributed by atoms with Crippen LogP contribution in [0.1, 0.15) is 28.8 Å². The Bertz CT molecular complexity index is 957. The normalized spacial score (nSPS) is 12.1. The van der Waals surface area contributed by atoms with Crippen molar-refractivity contribution in [3.05, 3.63) is 46.1 Å². The topological polar surface area (TPSA) is 76.4 Å². The average molecular weight is 350 g/mol. The molecule has 3 aromatic rings. The van der Waals surface area contributed by atoms with E-state index in [0.717, 1.165) is 16.1 Å². The molecule has 1 aromatic carbocycles. The number of sulfonamides is 1. The van der Waals surface area contributed by atoms with Gasteiger partial charge in [-0.25, -0.2) is 18.1 Å². The number of hydrogen-bond acceptors (Lipinski definition) is 5. The molecule has 0 saturated heterocycles. The van der Waals surface area contributed by atoms with Gasteiger partial charge >= 0.3 is 0 Å². The zero-order chi connectivity index (χ0) is 16.6. The van der Waals surface area contributed by atoms with Gasteiger partial charge in [0.2, 0.25) is 4.96 Å². The second-order valence-electron chi connectivity index (χ2n) is 5.35. The Kier molecular flexibility index (Phi) is 4.22. The summed E-state index contributed by atoms with van der Waals surface area (Å²) in [5.74, 6) is 0. The minimum absolute atomic E-state index is 0.145. The lowest BCUT2D eigenvalue weighted by Gasteiger charge is -2.07. The molecule has 122 valence electrons. The molecule has 0 radical (unpaired) electrons. The maximum atomic E-state index is 12.7. The van der Waals surface area contributed by atoms with Crippen LogP contribution in [0.5, 0.6) is 0 Å². The highest BCUT2D eigenvalue weighted by atomic mass is 32.2. The van der Waals surface area contributed by atoms with Crippen LogP contribution in [0, 0.1) is 13.8 Å². The predicted octanol–water partition coefficient (Wildman–Crippen LogP) is 2.45. The van der Waals surface area contributed by atoms with E-state index >= 15 is 0 Å². The second-order valence-corrected chi connectivity index (χ2v) is 8.19. The van der Waals surface area contributed by atoms with E-state index in [2.05, 4.69) is 14.8 Å².